The molecule has 0 aliphatic rings. The molecular formula is C24H32N2O3. The number of methoxy groups -OCH3 is 2. The Morgan fingerprint density at radius 2 is 1.62 bits per heavy atom. The van der Waals surface area contributed by atoms with Crippen LogP contribution >= 0.6 is 0 Å². The van der Waals surface area contributed by atoms with Crippen molar-refractivity contribution in [2.75, 3.05) is 20.8 Å². The number of hydrogen-bond acceptors (Lipinski definition) is 4. The van der Waals surface area contributed by atoms with Gasteiger partial charge in [-0.1, -0.05) is 45.4 Å². The molecule has 0 aliphatic heterocycles. The Bertz CT molecular complexity index is 904. The number of aromatic amines is 1. The molecule has 5 heteroatoms. The van der Waals surface area contributed by atoms with Crippen molar-refractivity contribution >= 4 is 11.0 Å². The topological polar surface area (TPSA) is 56.4 Å². The molecule has 0 saturated heterocycles. The van der Waals surface area contributed by atoms with E-state index in [2.05, 4.69) is 16.9 Å². The number of ether oxygens (including phenoxy) is 3. The van der Waals surface area contributed by atoms with Gasteiger partial charge in [0.15, 0.2) is 11.5 Å². The molecule has 5 nitrogen and oxygen atoms in total. The van der Waals surface area contributed by atoms with Crippen LogP contribution in [0.5, 0.6) is 17.2 Å². The summed E-state index contributed by atoms with van der Waals surface area (Å²) in [7, 11) is 3.33. The van der Waals surface area contributed by atoms with Crippen LogP contribution in [0.1, 0.15) is 51.9 Å². The molecule has 29 heavy (non-hydrogen) atoms. The van der Waals surface area contributed by atoms with Crippen LogP contribution in [-0.4, -0.2) is 30.8 Å². The van der Waals surface area contributed by atoms with Gasteiger partial charge in [0, 0.05) is 11.6 Å². The lowest BCUT2D eigenvalue weighted by molar-refractivity contribution is 0.284. The minimum absolute atomic E-state index is 0.716. The third-order valence-electron chi connectivity index (χ3n) is 5.13. The molecule has 0 spiro atoms. The highest BCUT2D eigenvalue weighted by Crippen LogP contribution is 2.33. The van der Waals surface area contributed by atoms with E-state index in [9.17, 15) is 0 Å². The Kier molecular flexibility index (Phi) is 7.79. The first-order valence-electron chi connectivity index (χ1n) is 10.6. The van der Waals surface area contributed by atoms with Crippen LogP contribution in [0.15, 0.2) is 36.4 Å². The van der Waals surface area contributed by atoms with E-state index in [1.165, 1.54) is 38.5 Å². The molecule has 3 aromatic rings. The molecule has 2 aromatic carbocycles. The van der Waals surface area contributed by atoms with Gasteiger partial charge in [-0.25, -0.2) is 4.98 Å². The lowest BCUT2D eigenvalue weighted by Crippen LogP contribution is -1.99. The smallest absolute Gasteiger partial charge is 0.161 e. The number of aromatic nitrogens is 2. The number of imidazole rings is 1. The van der Waals surface area contributed by atoms with Gasteiger partial charge in [-0.2, -0.15) is 0 Å². The largest absolute Gasteiger partial charge is 0.497 e. The highest BCUT2D eigenvalue weighted by molar-refractivity contribution is 5.81. The lowest BCUT2D eigenvalue weighted by atomic mass is 10.1. The standard InChI is InChI=1S/C24H32N2O3/c1-4-5-6-7-8-9-10-15-29-22-14-11-18(16-23(22)28-3)24-25-20-13-12-19(27-2)17-21(20)26-24/h11-14,16-17H,4-10,15H2,1-3H3,(H,25,26). The highest BCUT2D eigenvalue weighted by Gasteiger charge is 2.11. The molecule has 1 aromatic heterocycles. The zero-order valence-electron chi connectivity index (χ0n) is 17.8. The second kappa shape index (κ2) is 10.7. The van der Waals surface area contributed by atoms with E-state index in [1.54, 1.807) is 14.2 Å². The molecule has 156 valence electrons. The fourth-order valence-corrected chi connectivity index (χ4v) is 3.43. The Morgan fingerprint density at radius 3 is 2.38 bits per heavy atom. The Balaban J connectivity index is 1.60. The molecular weight excluding hydrogens is 364 g/mol. The Labute approximate surface area is 173 Å². The number of nitrogens with one attached hydrogen (secondary N) is 1. The SMILES string of the molecule is CCCCCCCCCOc1ccc(-c2nc3ccc(OC)cc3[nH]2)cc1OC. The van der Waals surface area contributed by atoms with Crippen molar-refractivity contribution in [1.29, 1.82) is 0 Å². The van der Waals surface area contributed by atoms with E-state index >= 15 is 0 Å². The molecule has 0 radical (unpaired) electrons. The fourth-order valence-electron chi connectivity index (χ4n) is 3.43. The van der Waals surface area contributed by atoms with Gasteiger partial charge >= 0.3 is 0 Å². The van der Waals surface area contributed by atoms with E-state index in [4.69, 9.17) is 14.2 Å². The van der Waals surface area contributed by atoms with Gasteiger partial charge in [0.05, 0.1) is 31.9 Å². The maximum absolute atomic E-state index is 5.96. The van der Waals surface area contributed by atoms with Crippen molar-refractivity contribution < 1.29 is 14.2 Å². The average Bonchev–Trinajstić information content (AvgIpc) is 3.18. The van der Waals surface area contributed by atoms with Crippen molar-refractivity contribution in [3.05, 3.63) is 36.4 Å². The summed E-state index contributed by atoms with van der Waals surface area (Å²) in [6.45, 7) is 2.96. The number of rotatable bonds is 12. The molecule has 1 N–H and O–H groups in total. The number of H-pyrrole nitrogens is 1. The molecule has 3 rings (SSSR count). The van der Waals surface area contributed by atoms with E-state index in [-0.39, 0.29) is 0 Å². The molecule has 0 bridgehead atoms. The molecule has 0 atom stereocenters. The quantitative estimate of drug-likeness (QED) is 0.361. The summed E-state index contributed by atoms with van der Waals surface area (Å²) < 4.78 is 16.8. The van der Waals surface area contributed by atoms with Crippen molar-refractivity contribution in [2.24, 2.45) is 0 Å². The van der Waals surface area contributed by atoms with Gasteiger partial charge in [-0.05, 0) is 36.8 Å². The van der Waals surface area contributed by atoms with Gasteiger partial charge in [0.25, 0.3) is 0 Å². The van der Waals surface area contributed by atoms with Crippen molar-refractivity contribution in [3.63, 3.8) is 0 Å². The Morgan fingerprint density at radius 1 is 0.828 bits per heavy atom. The minimum atomic E-state index is 0.716. The molecule has 0 aliphatic carbocycles. The summed E-state index contributed by atoms with van der Waals surface area (Å²) in [5, 5.41) is 0. The molecule has 0 fully saturated rings. The van der Waals surface area contributed by atoms with Gasteiger partial charge < -0.3 is 19.2 Å². The van der Waals surface area contributed by atoms with Gasteiger partial charge in [-0.3, -0.25) is 0 Å². The van der Waals surface area contributed by atoms with E-state index in [0.29, 0.717) is 6.61 Å². The maximum atomic E-state index is 5.96. The molecule has 0 amide bonds. The van der Waals surface area contributed by atoms with E-state index in [1.807, 2.05) is 36.4 Å². The lowest BCUT2D eigenvalue weighted by Gasteiger charge is -2.11. The number of unbranched alkanes of at least 4 members (excludes halogenated alkanes) is 6. The predicted octanol–water partition coefficient (Wildman–Crippen LogP) is 6.38. The van der Waals surface area contributed by atoms with Crippen LogP contribution in [0, 0.1) is 0 Å². The van der Waals surface area contributed by atoms with Crippen LogP contribution in [0.4, 0.5) is 0 Å². The Hall–Kier alpha value is -2.69. The van der Waals surface area contributed by atoms with Crippen LogP contribution in [0.3, 0.4) is 0 Å². The summed E-state index contributed by atoms with van der Waals surface area (Å²) in [6, 6.07) is 11.7. The second-order valence-corrected chi connectivity index (χ2v) is 7.30. The van der Waals surface area contributed by atoms with E-state index < -0.39 is 0 Å². The molecule has 1 heterocycles. The van der Waals surface area contributed by atoms with Crippen LogP contribution in [-0.2, 0) is 0 Å². The maximum Gasteiger partial charge on any atom is 0.161 e. The highest BCUT2D eigenvalue weighted by atomic mass is 16.5. The number of fused-ring (bicyclic) bond motifs is 1. The first-order chi connectivity index (χ1) is 14.2. The summed E-state index contributed by atoms with van der Waals surface area (Å²) in [5.41, 5.74) is 2.80. The van der Waals surface area contributed by atoms with Crippen LogP contribution < -0.4 is 14.2 Å². The first kappa shape index (κ1) is 21.0. The summed E-state index contributed by atoms with van der Waals surface area (Å²) in [6.07, 6.45) is 8.89. The van der Waals surface area contributed by atoms with E-state index in [0.717, 1.165) is 46.1 Å². The summed E-state index contributed by atoms with van der Waals surface area (Å²) in [4.78, 5) is 8.02. The van der Waals surface area contributed by atoms with Gasteiger partial charge in [-0.15, -0.1) is 0 Å². The third kappa shape index (κ3) is 5.66. The van der Waals surface area contributed by atoms with Crippen molar-refractivity contribution in [2.45, 2.75) is 51.9 Å². The van der Waals surface area contributed by atoms with Crippen molar-refractivity contribution in [3.8, 4) is 28.6 Å². The normalized spacial score (nSPS) is 11.0. The predicted molar refractivity (Wildman–Crippen MR) is 118 cm³/mol. The fraction of sp³-hybridized carbons (Fsp3) is 0.458. The van der Waals surface area contributed by atoms with Crippen LogP contribution in [0.25, 0.3) is 22.4 Å². The molecule has 0 saturated carbocycles. The zero-order chi connectivity index (χ0) is 20.5. The van der Waals surface area contributed by atoms with Gasteiger partial charge in [0.2, 0.25) is 0 Å². The van der Waals surface area contributed by atoms with Crippen molar-refractivity contribution in [1.82, 2.24) is 9.97 Å². The summed E-state index contributed by atoms with van der Waals surface area (Å²) in [5.74, 6) is 3.10. The first-order valence-corrected chi connectivity index (χ1v) is 10.6. The minimum Gasteiger partial charge on any atom is -0.497 e. The third-order valence-corrected chi connectivity index (χ3v) is 5.13. The van der Waals surface area contributed by atoms with Crippen LogP contribution in [0.2, 0.25) is 0 Å². The number of hydrogen-bond donors (Lipinski definition) is 1. The number of nitrogens with zero attached hydrogens (tertiary/aromatic N) is 1. The van der Waals surface area contributed by atoms with Gasteiger partial charge in [0.1, 0.15) is 11.6 Å². The molecule has 0 unspecified atom stereocenters. The number of benzene rings is 2. The average molecular weight is 397 g/mol. The monoisotopic (exact) mass is 396 g/mol. The second-order valence-electron chi connectivity index (χ2n) is 7.30. The summed E-state index contributed by atoms with van der Waals surface area (Å²) >= 11 is 0. The zero-order valence-corrected chi connectivity index (χ0v) is 17.8.